The molecule has 29 heavy (non-hydrogen) atoms. The molecule has 0 aliphatic heterocycles. The van der Waals surface area contributed by atoms with Crippen molar-refractivity contribution in [1.29, 1.82) is 0 Å². The van der Waals surface area contributed by atoms with Gasteiger partial charge in [-0.3, -0.25) is 9.59 Å². The van der Waals surface area contributed by atoms with E-state index in [2.05, 4.69) is 24.4 Å². The average molecular weight is 402 g/mol. The highest BCUT2D eigenvalue weighted by Crippen LogP contribution is 2.31. The van der Waals surface area contributed by atoms with Crippen molar-refractivity contribution in [2.24, 2.45) is 0 Å². The normalized spacial score (nSPS) is 10.8. The lowest BCUT2D eigenvalue weighted by molar-refractivity contribution is -0.684. The number of Topliss-reactive ketones (excluding diaryl/α,β-unsaturated/α-hetero) is 1. The lowest BCUT2D eigenvalue weighted by Crippen LogP contribution is -2.40. The molecule has 0 saturated heterocycles. The second-order valence-corrected chi connectivity index (χ2v) is 7.97. The van der Waals surface area contributed by atoms with E-state index in [1.165, 1.54) is 17.2 Å². The summed E-state index contributed by atoms with van der Waals surface area (Å²) in [5.41, 5.74) is 4.54. The molecule has 0 atom stereocenters. The molecule has 5 nitrogen and oxygen atoms in total. The molecule has 0 fully saturated rings. The lowest BCUT2D eigenvalue weighted by Gasteiger charge is -2.04. The second-order valence-electron chi connectivity index (χ2n) is 6.94. The van der Waals surface area contributed by atoms with Crippen LogP contribution in [-0.2, 0) is 11.3 Å². The molecule has 6 heteroatoms. The fraction of sp³-hybridized carbons (Fsp3) is 0.130. The van der Waals surface area contributed by atoms with E-state index in [1.807, 2.05) is 30.3 Å². The molecule has 144 valence electrons. The summed E-state index contributed by atoms with van der Waals surface area (Å²) in [4.78, 5) is 28.5. The van der Waals surface area contributed by atoms with Crippen LogP contribution in [0, 0.1) is 6.92 Å². The Bertz CT molecular complexity index is 1210. The number of fused-ring (bicyclic) bond motifs is 1. The van der Waals surface area contributed by atoms with Gasteiger partial charge in [-0.2, -0.15) is 4.57 Å². The summed E-state index contributed by atoms with van der Waals surface area (Å²) in [5, 5.41) is 3.85. The number of rotatable bonds is 5. The number of nitrogens with one attached hydrogen (secondary N) is 1. The third-order valence-corrected chi connectivity index (χ3v) is 5.62. The maximum atomic E-state index is 12.3. The Balaban J connectivity index is 1.45. The number of thiazole rings is 1. The zero-order chi connectivity index (χ0) is 20.4. The van der Waals surface area contributed by atoms with Gasteiger partial charge in [0.2, 0.25) is 6.54 Å². The molecule has 0 aliphatic carbocycles. The van der Waals surface area contributed by atoms with Crippen LogP contribution < -0.4 is 9.88 Å². The predicted molar refractivity (Wildman–Crippen MR) is 115 cm³/mol. The summed E-state index contributed by atoms with van der Waals surface area (Å²) in [6.45, 7) is 3.72. The smallest absolute Gasteiger partial charge is 0.290 e. The van der Waals surface area contributed by atoms with Crippen LogP contribution in [0.1, 0.15) is 22.8 Å². The van der Waals surface area contributed by atoms with Crippen LogP contribution in [0.5, 0.6) is 0 Å². The van der Waals surface area contributed by atoms with Crippen LogP contribution in [0.3, 0.4) is 0 Å². The molecule has 0 spiro atoms. The summed E-state index contributed by atoms with van der Waals surface area (Å²) < 4.78 is 2.87. The van der Waals surface area contributed by atoms with Crippen molar-refractivity contribution in [3.63, 3.8) is 0 Å². The zero-order valence-electron chi connectivity index (χ0n) is 16.2. The Morgan fingerprint density at radius 2 is 1.90 bits per heavy atom. The molecular formula is C23H20N3O2S+. The standard InChI is InChI=1S/C23H19N3O2S/c1-15-5-10-20-21(12-15)29-23(25-20)17-6-8-19(9-7-17)24-22(28)14-26-11-3-4-18(13-26)16(2)27/h3-13H,14H2,1-2H3/p+1. The highest BCUT2D eigenvalue weighted by atomic mass is 32.1. The van der Waals surface area contributed by atoms with Gasteiger partial charge in [0.15, 0.2) is 18.2 Å². The number of nitrogens with zero attached hydrogens (tertiary/aromatic N) is 2. The highest BCUT2D eigenvalue weighted by molar-refractivity contribution is 7.21. The van der Waals surface area contributed by atoms with Crippen LogP contribution >= 0.6 is 11.3 Å². The van der Waals surface area contributed by atoms with Gasteiger partial charge in [0.25, 0.3) is 5.91 Å². The minimum absolute atomic E-state index is 0.0274. The molecule has 2 aromatic heterocycles. The van der Waals surface area contributed by atoms with Crippen molar-refractivity contribution in [3.05, 3.63) is 78.1 Å². The Morgan fingerprint density at radius 3 is 2.66 bits per heavy atom. The number of ketones is 1. The van der Waals surface area contributed by atoms with Crippen molar-refractivity contribution in [2.75, 3.05) is 5.32 Å². The van der Waals surface area contributed by atoms with Crippen molar-refractivity contribution < 1.29 is 14.2 Å². The average Bonchev–Trinajstić information content (AvgIpc) is 3.11. The number of carbonyl (C=O) groups is 2. The van der Waals surface area contributed by atoms with E-state index in [4.69, 9.17) is 4.98 Å². The first-order valence-corrected chi connectivity index (χ1v) is 10.1. The Hall–Kier alpha value is -3.38. The number of carbonyl (C=O) groups excluding carboxylic acids is 2. The van der Waals surface area contributed by atoms with Crippen LogP contribution in [0.4, 0.5) is 5.69 Å². The molecule has 4 aromatic rings. The van der Waals surface area contributed by atoms with E-state index in [9.17, 15) is 9.59 Å². The molecule has 0 unspecified atom stereocenters. The number of benzene rings is 2. The van der Waals surface area contributed by atoms with E-state index in [0.29, 0.717) is 5.56 Å². The van der Waals surface area contributed by atoms with Crippen molar-refractivity contribution >= 4 is 38.9 Å². The Kier molecular flexibility index (Phi) is 5.18. The highest BCUT2D eigenvalue weighted by Gasteiger charge is 2.12. The van der Waals surface area contributed by atoms with Gasteiger partial charge < -0.3 is 5.32 Å². The van der Waals surface area contributed by atoms with Crippen molar-refractivity contribution in [3.8, 4) is 10.6 Å². The van der Waals surface area contributed by atoms with Crippen LogP contribution in [0.25, 0.3) is 20.8 Å². The monoisotopic (exact) mass is 402 g/mol. The summed E-state index contributed by atoms with van der Waals surface area (Å²) in [6, 6.07) is 17.4. The fourth-order valence-corrected chi connectivity index (χ4v) is 4.12. The molecular weight excluding hydrogens is 382 g/mol. The molecule has 1 amide bonds. The van der Waals surface area contributed by atoms with E-state index < -0.39 is 0 Å². The fourth-order valence-electron chi connectivity index (χ4n) is 3.05. The number of aromatic nitrogens is 2. The first-order valence-electron chi connectivity index (χ1n) is 9.25. The minimum Gasteiger partial charge on any atom is -0.321 e. The molecule has 2 aromatic carbocycles. The molecule has 0 bridgehead atoms. The maximum Gasteiger partial charge on any atom is 0.290 e. The van der Waals surface area contributed by atoms with E-state index in [1.54, 1.807) is 40.4 Å². The number of amides is 1. The van der Waals surface area contributed by atoms with Gasteiger partial charge >= 0.3 is 0 Å². The summed E-state index contributed by atoms with van der Waals surface area (Å²) >= 11 is 1.66. The predicted octanol–water partition coefficient (Wildman–Crippen LogP) is 4.40. The molecule has 2 heterocycles. The van der Waals surface area contributed by atoms with E-state index in [0.717, 1.165) is 21.8 Å². The molecule has 1 N–H and O–H groups in total. The zero-order valence-corrected chi connectivity index (χ0v) is 17.0. The second kappa shape index (κ2) is 7.93. The quantitative estimate of drug-likeness (QED) is 0.398. The SMILES string of the molecule is CC(=O)c1ccc[n+](CC(=O)Nc2ccc(-c3nc4ccc(C)cc4s3)cc2)c1. The summed E-state index contributed by atoms with van der Waals surface area (Å²) in [7, 11) is 0. The first-order chi connectivity index (χ1) is 14.0. The van der Waals surface area contributed by atoms with Crippen molar-refractivity contribution in [2.45, 2.75) is 20.4 Å². The van der Waals surface area contributed by atoms with Gasteiger partial charge in [-0.05, 0) is 61.9 Å². The van der Waals surface area contributed by atoms with Gasteiger partial charge in [0.05, 0.1) is 15.8 Å². The van der Waals surface area contributed by atoms with E-state index in [-0.39, 0.29) is 18.2 Å². The summed E-state index contributed by atoms with van der Waals surface area (Å²) in [6.07, 6.45) is 3.45. The maximum absolute atomic E-state index is 12.3. The number of anilines is 1. The number of hydrogen-bond donors (Lipinski definition) is 1. The lowest BCUT2D eigenvalue weighted by atomic mass is 10.2. The van der Waals surface area contributed by atoms with Gasteiger partial charge in [0, 0.05) is 17.3 Å². The number of pyridine rings is 1. The third kappa shape index (κ3) is 4.38. The molecule has 0 aliphatic rings. The number of hydrogen-bond acceptors (Lipinski definition) is 4. The Morgan fingerprint density at radius 1 is 1.10 bits per heavy atom. The third-order valence-electron chi connectivity index (χ3n) is 4.55. The minimum atomic E-state index is -0.154. The first kappa shape index (κ1) is 19.0. The molecule has 0 saturated carbocycles. The Labute approximate surface area is 172 Å². The number of aryl methyl sites for hydroxylation is 1. The van der Waals surface area contributed by atoms with Crippen molar-refractivity contribution in [1.82, 2.24) is 4.98 Å². The molecule has 4 rings (SSSR count). The molecule has 0 radical (unpaired) electrons. The topological polar surface area (TPSA) is 62.9 Å². The summed E-state index contributed by atoms with van der Waals surface area (Å²) in [5.74, 6) is -0.181. The van der Waals surface area contributed by atoms with Gasteiger partial charge in [0.1, 0.15) is 5.01 Å². The van der Waals surface area contributed by atoms with Crippen LogP contribution in [0.2, 0.25) is 0 Å². The van der Waals surface area contributed by atoms with Gasteiger partial charge in [-0.15, -0.1) is 11.3 Å². The largest absolute Gasteiger partial charge is 0.321 e. The van der Waals surface area contributed by atoms with Crippen LogP contribution in [-0.4, -0.2) is 16.7 Å². The van der Waals surface area contributed by atoms with E-state index >= 15 is 0 Å². The van der Waals surface area contributed by atoms with Gasteiger partial charge in [-0.25, -0.2) is 4.98 Å². The van der Waals surface area contributed by atoms with Gasteiger partial charge in [-0.1, -0.05) is 6.07 Å². The van der Waals surface area contributed by atoms with Crippen LogP contribution in [0.15, 0.2) is 67.0 Å².